The van der Waals surface area contributed by atoms with Crippen LogP contribution in [0.2, 0.25) is 5.02 Å². The fourth-order valence-corrected chi connectivity index (χ4v) is 3.98. The number of aliphatic hydroxyl groups excluding tert-OH is 1. The third-order valence-electron chi connectivity index (χ3n) is 5.38. The molecule has 0 aliphatic carbocycles. The molecular weight excluding hydrogens is 420 g/mol. The van der Waals surface area contributed by atoms with Gasteiger partial charge in [-0.25, -0.2) is 0 Å². The highest BCUT2D eigenvalue weighted by Gasteiger charge is 2.45. The molecule has 7 nitrogen and oxygen atoms in total. The van der Waals surface area contributed by atoms with Crippen LogP contribution in [0.5, 0.6) is 11.5 Å². The van der Waals surface area contributed by atoms with E-state index in [4.69, 9.17) is 21.1 Å². The summed E-state index contributed by atoms with van der Waals surface area (Å²) in [6.45, 7) is 1.24. The van der Waals surface area contributed by atoms with Crippen molar-refractivity contribution < 1.29 is 24.2 Å². The van der Waals surface area contributed by atoms with Crippen molar-refractivity contribution >= 4 is 29.1 Å². The van der Waals surface area contributed by atoms with E-state index in [2.05, 4.69) is 0 Å². The highest BCUT2D eigenvalue weighted by molar-refractivity contribution is 6.46. The summed E-state index contributed by atoms with van der Waals surface area (Å²) >= 11 is 6.04. The molecule has 1 saturated heterocycles. The second-order valence-corrected chi connectivity index (χ2v) is 8.21. The van der Waals surface area contributed by atoms with Crippen molar-refractivity contribution in [2.45, 2.75) is 12.5 Å². The predicted molar refractivity (Wildman–Crippen MR) is 116 cm³/mol. The average Bonchev–Trinajstić information content (AvgIpc) is 3.31. The zero-order valence-electron chi connectivity index (χ0n) is 17.3. The second kappa shape index (κ2) is 8.61. The van der Waals surface area contributed by atoms with Gasteiger partial charge in [-0.2, -0.15) is 0 Å². The van der Waals surface area contributed by atoms with Crippen LogP contribution in [-0.4, -0.2) is 60.6 Å². The molecule has 0 bridgehead atoms. The lowest BCUT2D eigenvalue weighted by atomic mass is 9.95. The van der Waals surface area contributed by atoms with Crippen LogP contribution in [0.1, 0.15) is 23.6 Å². The number of aliphatic hydroxyl groups is 1. The fourth-order valence-electron chi connectivity index (χ4n) is 3.86. The first kappa shape index (κ1) is 21.2. The number of hydrogen-bond donors (Lipinski definition) is 1. The molecule has 2 heterocycles. The van der Waals surface area contributed by atoms with Gasteiger partial charge in [0, 0.05) is 17.1 Å². The molecule has 2 aliphatic heterocycles. The zero-order chi connectivity index (χ0) is 22.1. The smallest absolute Gasteiger partial charge is 0.295 e. The van der Waals surface area contributed by atoms with Gasteiger partial charge < -0.3 is 24.4 Å². The van der Waals surface area contributed by atoms with Crippen LogP contribution in [0, 0.1) is 0 Å². The summed E-state index contributed by atoms with van der Waals surface area (Å²) in [7, 11) is 3.90. The first-order chi connectivity index (χ1) is 14.9. The Balaban J connectivity index is 1.78. The van der Waals surface area contributed by atoms with Crippen molar-refractivity contribution in [3.63, 3.8) is 0 Å². The number of hydrogen-bond acceptors (Lipinski definition) is 6. The van der Waals surface area contributed by atoms with Gasteiger partial charge >= 0.3 is 0 Å². The number of Topliss-reactive ketones (excluding diaryl/α,β-unsaturated/α-hetero) is 1. The van der Waals surface area contributed by atoms with Crippen molar-refractivity contribution in [1.29, 1.82) is 0 Å². The molecule has 8 heteroatoms. The van der Waals surface area contributed by atoms with Crippen LogP contribution in [0.3, 0.4) is 0 Å². The molecule has 1 fully saturated rings. The van der Waals surface area contributed by atoms with Gasteiger partial charge in [0.15, 0.2) is 11.5 Å². The Labute approximate surface area is 185 Å². The van der Waals surface area contributed by atoms with Gasteiger partial charge in [0.05, 0.1) is 11.6 Å². The molecule has 0 radical (unpaired) electrons. The Morgan fingerprint density at radius 1 is 1.13 bits per heavy atom. The highest BCUT2D eigenvalue weighted by atomic mass is 35.5. The van der Waals surface area contributed by atoms with Crippen molar-refractivity contribution in [3.8, 4) is 11.5 Å². The van der Waals surface area contributed by atoms with Crippen LogP contribution in [-0.2, 0) is 9.59 Å². The summed E-state index contributed by atoms with van der Waals surface area (Å²) in [6.07, 6.45) is 0.689. The summed E-state index contributed by atoms with van der Waals surface area (Å²) < 4.78 is 10.7. The van der Waals surface area contributed by atoms with Crippen LogP contribution in [0.25, 0.3) is 5.76 Å². The minimum Gasteiger partial charge on any atom is -0.507 e. The molecule has 1 unspecified atom stereocenters. The van der Waals surface area contributed by atoms with E-state index in [0.717, 1.165) is 6.54 Å². The molecule has 2 aromatic rings. The van der Waals surface area contributed by atoms with Gasteiger partial charge in [0.25, 0.3) is 11.7 Å². The molecule has 2 aliphatic rings. The Bertz CT molecular complexity index is 1050. The zero-order valence-corrected chi connectivity index (χ0v) is 18.1. The maximum atomic E-state index is 13.0. The van der Waals surface area contributed by atoms with Crippen LogP contribution >= 0.6 is 11.6 Å². The molecule has 31 heavy (non-hydrogen) atoms. The maximum Gasteiger partial charge on any atom is 0.295 e. The number of likely N-dealkylation sites (tertiary alicyclic amines) is 1. The van der Waals surface area contributed by atoms with E-state index >= 15 is 0 Å². The van der Waals surface area contributed by atoms with Gasteiger partial charge in [0.2, 0.25) is 6.79 Å². The van der Waals surface area contributed by atoms with Crippen LogP contribution in [0.4, 0.5) is 0 Å². The summed E-state index contributed by atoms with van der Waals surface area (Å²) in [5.41, 5.74) is 1.14. The number of benzene rings is 2. The van der Waals surface area contributed by atoms with E-state index in [9.17, 15) is 14.7 Å². The van der Waals surface area contributed by atoms with Gasteiger partial charge in [-0.15, -0.1) is 0 Å². The third-order valence-corrected chi connectivity index (χ3v) is 5.63. The van der Waals surface area contributed by atoms with Crippen molar-refractivity contribution in [2.75, 3.05) is 34.0 Å². The number of halogens is 1. The lowest BCUT2D eigenvalue weighted by molar-refractivity contribution is -0.139. The first-order valence-corrected chi connectivity index (χ1v) is 10.3. The number of amides is 1. The van der Waals surface area contributed by atoms with E-state index in [1.165, 1.54) is 4.90 Å². The number of ether oxygens (including phenoxy) is 2. The van der Waals surface area contributed by atoms with Crippen LogP contribution in [0.15, 0.2) is 48.0 Å². The number of nitrogens with zero attached hydrogens (tertiary/aromatic N) is 2. The van der Waals surface area contributed by atoms with Crippen molar-refractivity contribution in [2.24, 2.45) is 0 Å². The third kappa shape index (κ3) is 4.11. The Kier molecular flexibility index (Phi) is 5.89. The quantitative estimate of drug-likeness (QED) is 0.419. The molecule has 1 amide bonds. The minimum absolute atomic E-state index is 0.0519. The standard InChI is InChI=1S/C23H23ClN2O5/c1-25(2)10-3-11-26-20(14-4-7-16(24)8-5-14)19(22(28)23(26)29)21(27)15-6-9-17-18(12-15)31-13-30-17/h4-9,12,20,27H,3,10-11,13H2,1-2H3/b21-19+. The van der Waals surface area contributed by atoms with Crippen molar-refractivity contribution in [3.05, 3.63) is 64.2 Å². The second-order valence-electron chi connectivity index (χ2n) is 7.77. The number of rotatable bonds is 6. The molecule has 1 atom stereocenters. The lowest BCUT2D eigenvalue weighted by Crippen LogP contribution is -2.32. The molecule has 1 N–H and O–H groups in total. The topological polar surface area (TPSA) is 79.3 Å². The largest absolute Gasteiger partial charge is 0.507 e. The minimum atomic E-state index is -0.708. The summed E-state index contributed by atoms with van der Waals surface area (Å²) in [6, 6.07) is 11.2. The molecular formula is C23H23ClN2O5. The van der Waals surface area contributed by atoms with Gasteiger partial charge in [-0.05, 0) is 63.0 Å². The number of carbonyl (C=O) groups excluding carboxylic acids is 2. The summed E-state index contributed by atoms with van der Waals surface area (Å²) in [4.78, 5) is 29.5. The van der Waals surface area contributed by atoms with E-state index in [-0.39, 0.29) is 18.1 Å². The normalized spacial score (nSPS) is 19.5. The molecule has 2 aromatic carbocycles. The Morgan fingerprint density at radius 3 is 2.55 bits per heavy atom. The Hall–Kier alpha value is -3.03. The van der Waals surface area contributed by atoms with E-state index in [1.54, 1.807) is 42.5 Å². The summed E-state index contributed by atoms with van der Waals surface area (Å²) in [5, 5.41) is 11.7. The lowest BCUT2D eigenvalue weighted by Gasteiger charge is -2.26. The van der Waals surface area contributed by atoms with E-state index < -0.39 is 17.7 Å². The molecule has 162 valence electrons. The highest BCUT2D eigenvalue weighted by Crippen LogP contribution is 2.41. The predicted octanol–water partition coefficient (Wildman–Crippen LogP) is 3.44. The number of ketones is 1. The van der Waals surface area contributed by atoms with Gasteiger partial charge in [-0.3, -0.25) is 9.59 Å². The SMILES string of the molecule is CN(C)CCCN1C(=O)C(=O)/C(=C(/O)c2ccc3c(c2)OCO3)C1c1ccc(Cl)cc1. The fraction of sp³-hybridized carbons (Fsp3) is 0.304. The molecule has 0 saturated carbocycles. The molecule has 4 rings (SSSR count). The number of fused-ring (bicyclic) bond motifs is 1. The average molecular weight is 443 g/mol. The first-order valence-electron chi connectivity index (χ1n) is 9.95. The van der Waals surface area contributed by atoms with Gasteiger partial charge in [-0.1, -0.05) is 23.7 Å². The molecule has 0 aromatic heterocycles. The van der Waals surface area contributed by atoms with E-state index in [1.807, 2.05) is 19.0 Å². The van der Waals surface area contributed by atoms with E-state index in [0.29, 0.717) is 40.6 Å². The van der Waals surface area contributed by atoms with Crippen molar-refractivity contribution in [1.82, 2.24) is 9.80 Å². The molecule has 0 spiro atoms. The summed E-state index contributed by atoms with van der Waals surface area (Å²) in [5.74, 6) is -0.532. The van der Waals surface area contributed by atoms with Crippen LogP contribution < -0.4 is 9.47 Å². The monoisotopic (exact) mass is 442 g/mol. The van der Waals surface area contributed by atoms with Gasteiger partial charge in [0.1, 0.15) is 5.76 Å². The number of carbonyl (C=O) groups is 2. The Morgan fingerprint density at radius 2 is 1.84 bits per heavy atom. The maximum absolute atomic E-state index is 13.0.